The number of phosphoric acid groups is 2. The Morgan fingerprint density at radius 1 is 1.24 bits per heavy atom. The number of carboxylic acids is 1. The second kappa shape index (κ2) is 10.8. The monoisotopic (exact) mass is 392 g/mol. The number of carboxylic acid groups (broad SMARTS) is 1. The molecule has 0 aliphatic carbocycles. The molecule has 0 aliphatic heterocycles. The summed E-state index contributed by atoms with van der Waals surface area (Å²) in [5.74, 6) is -1.44. The number of rotatable bonds is 3. The molecule has 0 spiro atoms. The first-order valence-electron chi connectivity index (χ1n) is 3.01. The van der Waals surface area contributed by atoms with Gasteiger partial charge in [0.05, 0.1) is 19.9 Å². The molecule has 0 aliphatic rings. The van der Waals surface area contributed by atoms with Gasteiger partial charge in [0, 0.05) is 0 Å². The molecule has 17 heavy (non-hydrogen) atoms. The predicted molar refractivity (Wildman–Crippen MR) is 35.2 cm³/mol. The second-order valence-electron chi connectivity index (χ2n) is 1.99. The van der Waals surface area contributed by atoms with Gasteiger partial charge in [0.25, 0.3) is 7.82 Å². The van der Waals surface area contributed by atoms with Crippen molar-refractivity contribution in [2.24, 2.45) is 0 Å². The van der Waals surface area contributed by atoms with Gasteiger partial charge in [-0.05, 0) is 6.92 Å². The summed E-state index contributed by atoms with van der Waals surface area (Å²) in [4.78, 5) is 45.1. The summed E-state index contributed by atoms with van der Waals surface area (Å²) in [6.45, 7) is 1.13. The molecule has 2 atom stereocenters. The molecule has 0 saturated carbocycles. The van der Waals surface area contributed by atoms with Crippen molar-refractivity contribution in [1.29, 1.82) is 0 Å². The number of aliphatic hydroxyl groups is 1. The van der Waals surface area contributed by atoms with Crippen molar-refractivity contribution >= 4 is 21.6 Å². The Balaban J connectivity index is -0.0000000945. The van der Waals surface area contributed by atoms with Gasteiger partial charge in [-0.15, -0.1) is 0 Å². The molecule has 0 aromatic heterocycles. The van der Waals surface area contributed by atoms with Crippen molar-refractivity contribution in [2.45, 2.75) is 13.0 Å². The van der Waals surface area contributed by atoms with Crippen molar-refractivity contribution in [2.75, 3.05) is 0 Å². The van der Waals surface area contributed by atoms with E-state index in [1.165, 1.54) is 0 Å². The van der Waals surface area contributed by atoms with Crippen LogP contribution in [0, 0.1) is 0 Å². The van der Waals surface area contributed by atoms with E-state index in [0.29, 0.717) is 0 Å². The molecule has 0 aromatic rings. The van der Waals surface area contributed by atoms with Gasteiger partial charge in [-0.25, -0.2) is 0 Å². The van der Waals surface area contributed by atoms with Crippen LogP contribution in [0.25, 0.3) is 0 Å². The Kier molecular flexibility index (Phi) is 16.9. The van der Waals surface area contributed by atoms with Crippen LogP contribution in [-0.2, 0) is 57.2 Å². The van der Waals surface area contributed by atoms with Crippen LogP contribution in [0.1, 0.15) is 6.92 Å². The molecule has 0 fully saturated rings. The van der Waals surface area contributed by atoms with E-state index in [0.717, 1.165) is 6.92 Å². The van der Waals surface area contributed by atoms with E-state index >= 15 is 0 Å². The molecule has 92 valence electrons. The maximum absolute atomic E-state index is 9.44. The standard InChI is InChI=1S/C3H6O3.H4O7P2.2Zn/c1-2(4)3(5)6;1-8(2,3)7-9(4,5)6;;/h2,4H,1H3,(H,5,6);(H2,1,2,3)(H2,4,5,6);;/q;;2*+2/p-4. The van der Waals surface area contributed by atoms with Crippen molar-refractivity contribution in [3.8, 4) is 0 Å². The normalized spacial score (nSPS) is 14.9. The average Bonchev–Trinajstić information content (AvgIpc) is 1.78. The van der Waals surface area contributed by atoms with Crippen LogP contribution in [0.5, 0.6) is 0 Å². The maximum Gasteiger partial charge on any atom is 2.00 e. The molecule has 0 aromatic carbocycles. The first kappa shape index (κ1) is 26.5. The Morgan fingerprint density at radius 2 is 1.47 bits per heavy atom. The molecular formula is C3H6O10P2Zn2. The van der Waals surface area contributed by atoms with Crippen molar-refractivity contribution in [1.82, 2.24) is 0 Å². The number of aliphatic carboxylic acids is 1. The van der Waals surface area contributed by atoms with Crippen molar-refractivity contribution < 1.29 is 87.0 Å². The molecule has 0 amide bonds. The van der Waals surface area contributed by atoms with Gasteiger partial charge in [-0.2, -0.15) is 0 Å². The predicted octanol–water partition coefficient (Wildman–Crippen LogP) is -4.60. The zero-order chi connectivity index (χ0) is 12.9. The summed E-state index contributed by atoms with van der Waals surface area (Å²) in [5, 5.41) is 17.3. The van der Waals surface area contributed by atoms with Crippen LogP contribution in [0.3, 0.4) is 0 Å². The topological polar surface area (TPSA) is 193 Å². The van der Waals surface area contributed by atoms with Crippen LogP contribution in [-0.4, -0.2) is 22.1 Å². The molecule has 2 N–H and O–H groups in total. The van der Waals surface area contributed by atoms with Gasteiger partial charge in [0.1, 0.15) is 0 Å². The number of hydrogen-bond donors (Lipinski definition) is 2. The van der Waals surface area contributed by atoms with Crippen LogP contribution >= 0.6 is 15.6 Å². The fourth-order valence-electron chi connectivity index (χ4n) is 0.126. The van der Waals surface area contributed by atoms with Gasteiger partial charge in [0.15, 0.2) is 0 Å². The van der Waals surface area contributed by atoms with Gasteiger partial charge >= 0.3 is 39.0 Å². The molecule has 0 bridgehead atoms. The minimum atomic E-state index is -5.61. The zero-order valence-corrected chi connectivity index (χ0v) is 16.3. The van der Waals surface area contributed by atoms with E-state index in [9.17, 15) is 33.7 Å². The third-order valence-corrected chi connectivity index (χ3v) is 2.17. The van der Waals surface area contributed by atoms with E-state index in [-0.39, 0.29) is 39.0 Å². The minimum Gasteiger partial charge on any atom is -0.790 e. The largest absolute Gasteiger partial charge is 2.00 e. The summed E-state index contributed by atoms with van der Waals surface area (Å²) >= 11 is 0. The number of carbonyl (C=O) groups is 1. The molecule has 2 unspecified atom stereocenters. The fourth-order valence-corrected chi connectivity index (χ4v) is 1.14. The molecule has 0 heterocycles. The van der Waals surface area contributed by atoms with E-state index in [2.05, 4.69) is 4.31 Å². The van der Waals surface area contributed by atoms with Crippen molar-refractivity contribution in [3.05, 3.63) is 0 Å². The third kappa shape index (κ3) is 31.6. The smallest absolute Gasteiger partial charge is 0.790 e. The molecular weight excluding hydrogens is 389 g/mol. The van der Waals surface area contributed by atoms with Crippen LogP contribution < -0.4 is 19.8 Å². The van der Waals surface area contributed by atoms with Gasteiger partial charge < -0.3 is 39.1 Å². The van der Waals surface area contributed by atoms with Gasteiger partial charge in [-0.3, -0.25) is 8.88 Å². The van der Waals surface area contributed by atoms with E-state index in [4.69, 9.17) is 10.00 Å². The molecule has 14 heteroatoms. The van der Waals surface area contributed by atoms with E-state index < -0.39 is 27.7 Å². The summed E-state index contributed by atoms with van der Waals surface area (Å²) < 4.78 is 21.4. The Hall–Kier alpha value is 0.937. The SMILES string of the molecule is CC(O)C(=O)[O-].O=P([O-])([O-])OP(=O)([O-])O.[Zn+2].[Zn+2]. The Bertz CT molecular complexity index is 272. The zero-order valence-electron chi connectivity index (χ0n) is 8.55. The average molecular weight is 395 g/mol. The summed E-state index contributed by atoms with van der Waals surface area (Å²) in [6.07, 6.45) is -1.34. The van der Waals surface area contributed by atoms with E-state index in [1.54, 1.807) is 0 Å². The van der Waals surface area contributed by atoms with Crippen LogP contribution in [0.4, 0.5) is 0 Å². The first-order valence-corrected chi connectivity index (χ1v) is 5.97. The third-order valence-electron chi connectivity index (χ3n) is 0.544. The quantitative estimate of drug-likeness (QED) is 0.347. The summed E-state index contributed by atoms with van der Waals surface area (Å²) in [7, 11) is -11.0. The van der Waals surface area contributed by atoms with Crippen molar-refractivity contribution in [3.63, 3.8) is 0 Å². The second-order valence-corrected chi connectivity index (χ2v) is 4.48. The fraction of sp³-hybridized carbons (Fsp3) is 0.667. The van der Waals surface area contributed by atoms with E-state index in [1.807, 2.05) is 0 Å². The maximum atomic E-state index is 9.44. The number of carbonyl (C=O) groups excluding carboxylic acids is 1. The summed E-state index contributed by atoms with van der Waals surface area (Å²) in [6, 6.07) is 0. The van der Waals surface area contributed by atoms with Crippen LogP contribution in [0.15, 0.2) is 0 Å². The Labute approximate surface area is 121 Å². The number of aliphatic hydroxyl groups excluding tert-OH is 1. The first-order chi connectivity index (χ1) is 6.35. The molecule has 0 radical (unpaired) electrons. The molecule has 0 saturated heterocycles. The summed E-state index contributed by atoms with van der Waals surface area (Å²) in [5.41, 5.74) is 0. The molecule has 10 nitrogen and oxygen atoms in total. The van der Waals surface area contributed by atoms with Gasteiger partial charge in [-0.1, -0.05) is 0 Å². The Morgan fingerprint density at radius 3 is 1.47 bits per heavy atom. The van der Waals surface area contributed by atoms with Gasteiger partial charge in [0.2, 0.25) is 0 Å². The van der Waals surface area contributed by atoms with Crippen LogP contribution in [0.2, 0.25) is 0 Å². The molecule has 0 rings (SSSR count). The minimum absolute atomic E-state index is 0. The number of hydrogen-bond acceptors (Lipinski definition) is 9.